The molecule has 0 saturated carbocycles. The summed E-state index contributed by atoms with van der Waals surface area (Å²) >= 11 is 0. The first kappa shape index (κ1) is 20.6. The molecule has 0 aliphatic rings. The third-order valence-electron chi connectivity index (χ3n) is 4.21. The van der Waals surface area contributed by atoms with Crippen molar-refractivity contribution in [3.8, 4) is 23.0 Å². The van der Waals surface area contributed by atoms with Gasteiger partial charge in [0.1, 0.15) is 29.6 Å². The molecule has 0 N–H and O–H groups in total. The van der Waals surface area contributed by atoms with Gasteiger partial charge in [-0.15, -0.1) is 0 Å². The second-order valence-electron chi connectivity index (χ2n) is 6.59. The van der Waals surface area contributed by atoms with Gasteiger partial charge in [-0.25, -0.2) is 0 Å². The van der Waals surface area contributed by atoms with Crippen LogP contribution < -0.4 is 18.3 Å². The average molecular weight is 432 g/mol. The van der Waals surface area contributed by atoms with Crippen LogP contribution in [-0.4, -0.2) is 0 Å². The van der Waals surface area contributed by atoms with E-state index in [4.69, 9.17) is 18.3 Å². The van der Waals surface area contributed by atoms with Crippen LogP contribution >= 0.6 is 7.82 Å². The minimum atomic E-state index is -4.00. The number of benzene rings is 4. The smallest absolute Gasteiger partial charge is 0.489 e. The Labute approximate surface area is 181 Å². The molecule has 0 atom stereocenters. The maximum Gasteiger partial charge on any atom is 0.647 e. The number of rotatable bonds is 9. The predicted molar refractivity (Wildman–Crippen MR) is 120 cm³/mol. The van der Waals surface area contributed by atoms with E-state index in [1.54, 1.807) is 72.8 Å². The number of ether oxygens (including phenoxy) is 1. The Hall–Kier alpha value is -3.69. The molecular formula is C25H21O5P. The van der Waals surface area contributed by atoms with E-state index in [2.05, 4.69) is 0 Å². The van der Waals surface area contributed by atoms with E-state index in [1.807, 2.05) is 42.5 Å². The van der Waals surface area contributed by atoms with Crippen LogP contribution in [0, 0.1) is 0 Å². The second-order valence-corrected chi connectivity index (χ2v) is 8.04. The summed E-state index contributed by atoms with van der Waals surface area (Å²) in [7, 11) is -4.00. The molecule has 0 spiro atoms. The van der Waals surface area contributed by atoms with Gasteiger partial charge in [-0.05, 0) is 54.1 Å². The van der Waals surface area contributed by atoms with Crippen LogP contribution in [0.25, 0.3) is 0 Å². The highest BCUT2D eigenvalue weighted by molar-refractivity contribution is 7.49. The molecule has 0 bridgehead atoms. The molecule has 0 amide bonds. The highest BCUT2D eigenvalue weighted by Crippen LogP contribution is 2.49. The minimum Gasteiger partial charge on any atom is -0.489 e. The molecule has 0 heterocycles. The van der Waals surface area contributed by atoms with Gasteiger partial charge in [-0.3, -0.25) is 0 Å². The van der Waals surface area contributed by atoms with Gasteiger partial charge in [0.15, 0.2) is 0 Å². The van der Waals surface area contributed by atoms with Gasteiger partial charge in [0.25, 0.3) is 0 Å². The average Bonchev–Trinajstić information content (AvgIpc) is 2.80. The highest BCUT2D eigenvalue weighted by atomic mass is 31.2. The number of hydrogen-bond acceptors (Lipinski definition) is 5. The molecule has 156 valence electrons. The molecule has 4 rings (SSSR count). The monoisotopic (exact) mass is 432 g/mol. The summed E-state index contributed by atoms with van der Waals surface area (Å²) in [6.07, 6.45) is 0. The van der Waals surface area contributed by atoms with Gasteiger partial charge in [0.05, 0.1) is 0 Å². The summed E-state index contributed by atoms with van der Waals surface area (Å²) in [5.41, 5.74) is 1.07. The topological polar surface area (TPSA) is 54.0 Å². The molecule has 4 aromatic rings. The van der Waals surface area contributed by atoms with Gasteiger partial charge in [-0.1, -0.05) is 66.7 Å². The van der Waals surface area contributed by atoms with Crippen molar-refractivity contribution in [3.63, 3.8) is 0 Å². The highest BCUT2D eigenvalue weighted by Gasteiger charge is 2.33. The maximum absolute atomic E-state index is 13.4. The molecule has 4 aromatic carbocycles. The molecule has 0 saturated heterocycles. The van der Waals surface area contributed by atoms with Crippen molar-refractivity contribution < 1.29 is 22.9 Å². The van der Waals surface area contributed by atoms with Crippen LogP contribution in [0.5, 0.6) is 23.0 Å². The first-order chi connectivity index (χ1) is 15.2. The van der Waals surface area contributed by atoms with Crippen molar-refractivity contribution in [3.05, 3.63) is 121 Å². The maximum atomic E-state index is 13.4. The van der Waals surface area contributed by atoms with Crippen molar-refractivity contribution >= 4 is 7.82 Å². The van der Waals surface area contributed by atoms with E-state index in [-0.39, 0.29) is 0 Å². The normalized spacial score (nSPS) is 10.8. The van der Waals surface area contributed by atoms with Crippen molar-refractivity contribution in [2.24, 2.45) is 0 Å². The first-order valence-corrected chi connectivity index (χ1v) is 11.2. The van der Waals surface area contributed by atoms with Crippen LogP contribution in [0.3, 0.4) is 0 Å². The minimum absolute atomic E-state index is 0.335. The van der Waals surface area contributed by atoms with E-state index in [0.29, 0.717) is 29.6 Å². The fraction of sp³-hybridized carbons (Fsp3) is 0.0400. The quantitative estimate of drug-likeness (QED) is 0.269. The lowest BCUT2D eigenvalue weighted by Gasteiger charge is -2.19. The van der Waals surface area contributed by atoms with Crippen LogP contribution in [0.2, 0.25) is 0 Å². The number of hydrogen-bond donors (Lipinski definition) is 0. The van der Waals surface area contributed by atoms with Gasteiger partial charge >= 0.3 is 7.82 Å². The zero-order valence-corrected chi connectivity index (χ0v) is 17.6. The molecule has 0 fully saturated rings. The zero-order valence-electron chi connectivity index (χ0n) is 16.7. The largest absolute Gasteiger partial charge is 0.647 e. The molecular weight excluding hydrogens is 411 g/mol. The zero-order chi connectivity index (χ0) is 21.4. The molecule has 31 heavy (non-hydrogen) atoms. The van der Waals surface area contributed by atoms with Gasteiger partial charge in [0.2, 0.25) is 0 Å². The van der Waals surface area contributed by atoms with E-state index in [0.717, 1.165) is 5.56 Å². The van der Waals surface area contributed by atoms with E-state index < -0.39 is 7.82 Å². The van der Waals surface area contributed by atoms with Crippen LogP contribution in [0.1, 0.15) is 5.56 Å². The number of phosphoric acid groups is 1. The molecule has 0 aromatic heterocycles. The predicted octanol–water partition coefficient (Wildman–Crippen LogP) is 6.91. The molecule has 0 radical (unpaired) electrons. The summed E-state index contributed by atoms with van der Waals surface area (Å²) in [6.45, 7) is 0.452. The molecule has 0 aliphatic heterocycles. The van der Waals surface area contributed by atoms with Gasteiger partial charge in [0, 0.05) is 0 Å². The van der Waals surface area contributed by atoms with E-state index in [1.165, 1.54) is 0 Å². The fourth-order valence-electron chi connectivity index (χ4n) is 2.74. The molecule has 5 nitrogen and oxygen atoms in total. The van der Waals surface area contributed by atoms with Gasteiger partial charge < -0.3 is 18.3 Å². The fourth-order valence-corrected chi connectivity index (χ4v) is 4.00. The number of para-hydroxylation sites is 2. The molecule has 6 heteroatoms. The Balaban J connectivity index is 1.47. The lowest BCUT2D eigenvalue weighted by Crippen LogP contribution is -2.07. The summed E-state index contributed by atoms with van der Waals surface area (Å²) in [6, 6.07) is 34.2. The van der Waals surface area contributed by atoms with Crippen LogP contribution in [0.15, 0.2) is 115 Å². The Morgan fingerprint density at radius 3 is 1.35 bits per heavy atom. The summed E-state index contributed by atoms with van der Waals surface area (Å²) in [5.74, 6) is 1.76. The van der Waals surface area contributed by atoms with Crippen LogP contribution in [0.4, 0.5) is 0 Å². The number of phosphoric ester groups is 1. The molecule has 0 aliphatic carbocycles. The summed E-state index contributed by atoms with van der Waals surface area (Å²) in [4.78, 5) is 0. The summed E-state index contributed by atoms with van der Waals surface area (Å²) < 4.78 is 36.1. The van der Waals surface area contributed by atoms with Crippen molar-refractivity contribution in [2.45, 2.75) is 6.61 Å². The van der Waals surface area contributed by atoms with Crippen molar-refractivity contribution in [1.29, 1.82) is 0 Å². The Kier molecular flexibility index (Phi) is 6.56. The Bertz CT molecular complexity index is 1070. The van der Waals surface area contributed by atoms with E-state index >= 15 is 0 Å². The van der Waals surface area contributed by atoms with Crippen LogP contribution in [-0.2, 0) is 11.2 Å². The van der Waals surface area contributed by atoms with E-state index in [9.17, 15) is 4.57 Å². The van der Waals surface area contributed by atoms with Gasteiger partial charge in [-0.2, -0.15) is 4.57 Å². The Morgan fingerprint density at radius 1 is 0.484 bits per heavy atom. The van der Waals surface area contributed by atoms with Crippen molar-refractivity contribution in [1.82, 2.24) is 0 Å². The lowest BCUT2D eigenvalue weighted by molar-refractivity contribution is 0.295. The third-order valence-corrected chi connectivity index (χ3v) is 5.51. The third kappa shape index (κ3) is 6.14. The first-order valence-electron chi connectivity index (χ1n) is 9.74. The lowest BCUT2D eigenvalue weighted by atomic mass is 10.2. The summed E-state index contributed by atoms with van der Waals surface area (Å²) in [5, 5.41) is 0. The SMILES string of the molecule is O=P(Oc1ccccc1)(Oc1ccccc1)Oc1ccc(OCc2ccccc2)cc1. The standard InChI is InChI=1S/C25H21O5P/c26-31(28-23-12-6-2-7-13-23,29-24-14-8-3-9-15-24)30-25-18-16-22(17-19-25)27-20-21-10-4-1-5-11-21/h1-19H,20H2. The second kappa shape index (κ2) is 9.88. The van der Waals surface area contributed by atoms with Crippen molar-refractivity contribution in [2.75, 3.05) is 0 Å². The molecule has 0 unspecified atom stereocenters. The Morgan fingerprint density at radius 2 is 0.871 bits per heavy atom.